The largest absolute Gasteiger partial charge is 0.338 e. The number of hydrogen-bond acceptors (Lipinski definition) is 4. The van der Waals surface area contributed by atoms with Gasteiger partial charge in [0.05, 0.1) is 0 Å². The third kappa shape index (κ3) is 4.72. The van der Waals surface area contributed by atoms with E-state index in [-0.39, 0.29) is 24.7 Å². The lowest BCUT2D eigenvalue weighted by atomic mass is 9.80. The Morgan fingerprint density at radius 1 is 1.38 bits per heavy atom. The van der Waals surface area contributed by atoms with Crippen molar-refractivity contribution in [2.45, 2.75) is 39.2 Å². The van der Waals surface area contributed by atoms with Gasteiger partial charge in [0, 0.05) is 25.8 Å². The van der Waals surface area contributed by atoms with Crippen molar-refractivity contribution in [2.75, 3.05) is 13.1 Å². The van der Waals surface area contributed by atoms with Gasteiger partial charge in [-0.15, -0.1) is 0 Å². The number of rotatable bonds is 5. The molecule has 130 valence electrons. The number of carbonyl (C=O) groups excluding carboxylic acids is 1. The first-order valence-corrected chi connectivity index (χ1v) is 8.27. The van der Waals surface area contributed by atoms with Crippen LogP contribution in [-0.2, 0) is 6.54 Å². The Kier molecular flexibility index (Phi) is 6.18. The lowest BCUT2D eigenvalue weighted by molar-refractivity contribution is 0.223. The Bertz CT molecular complexity index is 730. The Morgan fingerprint density at radius 3 is 2.83 bits per heavy atom. The second kappa shape index (κ2) is 8.34. The van der Waals surface area contributed by atoms with Gasteiger partial charge in [0.15, 0.2) is 0 Å². The summed E-state index contributed by atoms with van der Waals surface area (Å²) in [5.41, 5.74) is -1.44. The van der Waals surface area contributed by atoms with Crippen molar-refractivity contribution in [3.8, 4) is 6.07 Å². The number of nitrogens with one attached hydrogen (secondary N) is 3. The minimum atomic E-state index is -0.703. The highest BCUT2D eigenvalue weighted by Crippen LogP contribution is 2.28. The van der Waals surface area contributed by atoms with Gasteiger partial charge in [-0.05, 0) is 18.3 Å². The van der Waals surface area contributed by atoms with E-state index in [0.717, 1.165) is 6.42 Å². The van der Waals surface area contributed by atoms with E-state index in [0.29, 0.717) is 18.4 Å². The summed E-state index contributed by atoms with van der Waals surface area (Å²) >= 11 is 0. The molecule has 2 rings (SSSR count). The quantitative estimate of drug-likeness (QED) is 0.728. The molecule has 8 nitrogen and oxygen atoms in total. The molecule has 1 aromatic rings. The van der Waals surface area contributed by atoms with Gasteiger partial charge in [0.25, 0.3) is 5.56 Å². The Hall–Kier alpha value is -2.56. The summed E-state index contributed by atoms with van der Waals surface area (Å²) in [7, 11) is 0. The third-order valence-corrected chi connectivity index (χ3v) is 4.58. The molecule has 0 spiro atoms. The standard InChI is InChI=1S/C16H23N5O3/c1-11-4-2-3-5-12(11)9-19-15(23)18-6-7-21-10-13(8-17)14(22)20-16(21)24/h10-12H,2-7,9H2,1H3,(H2,18,19,23)(H,20,22,24). The van der Waals surface area contributed by atoms with E-state index in [4.69, 9.17) is 5.26 Å². The molecule has 2 amide bonds. The molecule has 1 aromatic heterocycles. The van der Waals surface area contributed by atoms with Crippen LogP contribution in [0.4, 0.5) is 4.79 Å². The summed E-state index contributed by atoms with van der Waals surface area (Å²) in [6.07, 6.45) is 6.04. The Balaban J connectivity index is 1.78. The third-order valence-electron chi connectivity index (χ3n) is 4.58. The first-order valence-electron chi connectivity index (χ1n) is 8.27. The average Bonchev–Trinajstić information content (AvgIpc) is 2.56. The predicted octanol–water partition coefficient (Wildman–Crippen LogP) is 0.534. The molecular weight excluding hydrogens is 310 g/mol. The van der Waals surface area contributed by atoms with Gasteiger partial charge in [-0.3, -0.25) is 14.3 Å². The van der Waals surface area contributed by atoms with Gasteiger partial charge in [-0.2, -0.15) is 5.26 Å². The lowest BCUT2D eigenvalue weighted by Gasteiger charge is -2.28. The van der Waals surface area contributed by atoms with Crippen molar-refractivity contribution in [3.05, 3.63) is 32.6 Å². The molecule has 0 bridgehead atoms. The molecule has 0 radical (unpaired) electrons. The molecule has 2 atom stereocenters. The number of aromatic amines is 1. The highest BCUT2D eigenvalue weighted by atomic mass is 16.2. The molecule has 0 saturated heterocycles. The van der Waals surface area contributed by atoms with Crippen molar-refractivity contribution < 1.29 is 4.79 Å². The van der Waals surface area contributed by atoms with Crippen LogP contribution in [0.15, 0.2) is 15.8 Å². The highest BCUT2D eigenvalue weighted by Gasteiger charge is 2.21. The number of nitriles is 1. The zero-order valence-electron chi connectivity index (χ0n) is 13.8. The fourth-order valence-electron chi connectivity index (χ4n) is 3.03. The van der Waals surface area contributed by atoms with Gasteiger partial charge in [0.1, 0.15) is 11.6 Å². The van der Waals surface area contributed by atoms with Crippen LogP contribution in [0.5, 0.6) is 0 Å². The normalized spacial score (nSPS) is 20.2. The van der Waals surface area contributed by atoms with Gasteiger partial charge in [-0.25, -0.2) is 9.59 Å². The monoisotopic (exact) mass is 333 g/mol. The van der Waals surface area contributed by atoms with E-state index in [1.165, 1.54) is 30.0 Å². The molecule has 8 heteroatoms. The minimum Gasteiger partial charge on any atom is -0.338 e. The number of aromatic nitrogens is 2. The molecule has 3 N–H and O–H groups in total. The molecule has 1 aliphatic carbocycles. The van der Waals surface area contributed by atoms with Crippen molar-refractivity contribution in [1.29, 1.82) is 5.26 Å². The van der Waals surface area contributed by atoms with Crippen molar-refractivity contribution in [1.82, 2.24) is 20.2 Å². The Labute approximate surface area is 139 Å². The van der Waals surface area contributed by atoms with Crippen LogP contribution in [0.1, 0.15) is 38.2 Å². The second-order valence-corrected chi connectivity index (χ2v) is 6.27. The smallest absolute Gasteiger partial charge is 0.328 e. The second-order valence-electron chi connectivity index (χ2n) is 6.27. The zero-order valence-corrected chi connectivity index (χ0v) is 13.8. The van der Waals surface area contributed by atoms with E-state index in [1.54, 1.807) is 6.07 Å². The summed E-state index contributed by atoms with van der Waals surface area (Å²) in [6.45, 7) is 3.28. The fourth-order valence-corrected chi connectivity index (χ4v) is 3.03. The number of nitrogens with zero attached hydrogens (tertiary/aromatic N) is 2. The van der Waals surface area contributed by atoms with E-state index in [1.807, 2.05) is 0 Å². The summed E-state index contributed by atoms with van der Waals surface area (Å²) in [4.78, 5) is 36.8. The first kappa shape index (κ1) is 17.8. The van der Waals surface area contributed by atoms with Crippen molar-refractivity contribution >= 4 is 6.03 Å². The molecule has 24 heavy (non-hydrogen) atoms. The Morgan fingerprint density at radius 2 is 2.12 bits per heavy atom. The number of H-pyrrole nitrogens is 1. The van der Waals surface area contributed by atoms with E-state index in [9.17, 15) is 14.4 Å². The van der Waals surface area contributed by atoms with Crippen LogP contribution >= 0.6 is 0 Å². The fraction of sp³-hybridized carbons (Fsp3) is 0.625. The molecule has 1 heterocycles. The highest BCUT2D eigenvalue weighted by molar-refractivity contribution is 5.73. The van der Waals surface area contributed by atoms with Crippen LogP contribution in [-0.4, -0.2) is 28.7 Å². The van der Waals surface area contributed by atoms with Crippen LogP contribution in [0, 0.1) is 23.2 Å². The topological polar surface area (TPSA) is 120 Å². The van der Waals surface area contributed by atoms with E-state index >= 15 is 0 Å². The van der Waals surface area contributed by atoms with Crippen LogP contribution < -0.4 is 21.9 Å². The molecule has 1 fully saturated rings. The number of urea groups is 1. The number of carbonyl (C=O) groups is 1. The average molecular weight is 333 g/mol. The van der Waals surface area contributed by atoms with Crippen molar-refractivity contribution in [2.24, 2.45) is 11.8 Å². The summed E-state index contributed by atoms with van der Waals surface area (Å²) in [5.74, 6) is 1.15. The van der Waals surface area contributed by atoms with Crippen LogP contribution in [0.25, 0.3) is 0 Å². The van der Waals surface area contributed by atoms with Crippen molar-refractivity contribution in [3.63, 3.8) is 0 Å². The SMILES string of the molecule is CC1CCCCC1CNC(=O)NCCn1cc(C#N)c(=O)[nH]c1=O. The number of amides is 2. The molecule has 2 unspecified atom stereocenters. The molecule has 0 aliphatic heterocycles. The molecular formula is C16H23N5O3. The van der Waals surface area contributed by atoms with Gasteiger partial charge < -0.3 is 10.6 Å². The maximum Gasteiger partial charge on any atom is 0.328 e. The summed E-state index contributed by atoms with van der Waals surface area (Å²) in [6, 6.07) is 1.45. The summed E-state index contributed by atoms with van der Waals surface area (Å²) in [5, 5.41) is 14.3. The molecule has 1 aliphatic rings. The molecule has 0 aromatic carbocycles. The van der Waals surface area contributed by atoms with Crippen LogP contribution in [0.2, 0.25) is 0 Å². The number of hydrogen-bond donors (Lipinski definition) is 3. The maximum atomic E-state index is 11.8. The van der Waals surface area contributed by atoms with Gasteiger partial charge in [0.2, 0.25) is 0 Å². The minimum absolute atomic E-state index is 0.134. The molecule has 1 saturated carbocycles. The maximum absolute atomic E-state index is 11.8. The van der Waals surface area contributed by atoms with Crippen LogP contribution in [0.3, 0.4) is 0 Å². The predicted molar refractivity (Wildman–Crippen MR) is 88.6 cm³/mol. The van der Waals surface area contributed by atoms with E-state index < -0.39 is 11.2 Å². The van der Waals surface area contributed by atoms with E-state index in [2.05, 4.69) is 22.5 Å². The summed E-state index contributed by atoms with van der Waals surface area (Å²) < 4.78 is 1.20. The van der Waals surface area contributed by atoms with Gasteiger partial charge >= 0.3 is 11.7 Å². The lowest BCUT2D eigenvalue weighted by Crippen LogP contribution is -2.42. The zero-order chi connectivity index (χ0) is 17.5. The van der Waals surface area contributed by atoms with Gasteiger partial charge in [-0.1, -0.05) is 26.2 Å². The first-order chi connectivity index (χ1) is 11.5.